The van der Waals surface area contributed by atoms with Gasteiger partial charge >= 0.3 is 0 Å². The van der Waals surface area contributed by atoms with Crippen molar-refractivity contribution >= 4 is 0 Å². The molecule has 3 aliphatic rings. The Kier molecular flexibility index (Phi) is 5.06. The normalized spacial score (nSPS) is 24.7. The van der Waals surface area contributed by atoms with Crippen molar-refractivity contribution in [2.45, 2.75) is 37.5 Å². The molecule has 0 saturated heterocycles. The van der Waals surface area contributed by atoms with E-state index in [9.17, 15) is 0 Å². The quantitative estimate of drug-likeness (QED) is 0.657. The highest BCUT2D eigenvalue weighted by Crippen LogP contribution is 2.67. The van der Waals surface area contributed by atoms with Crippen LogP contribution in [0, 0.1) is 11.8 Å². The number of hydrogen-bond donors (Lipinski definition) is 0. The standard InChI is InChI=1S/C26H32O6/c1-27-20-12-18-16(22(29-3)24(20)31-5)10-14-8-7-9-15-11-17-19(26(14,15)18)13-21(28-2)25(32-6)23(17)30-4/h12-15H,7-11H2,1-6H3/t14-,15?,26-/m0/s1. The first-order chi connectivity index (χ1) is 15.6. The molecule has 0 N–H and O–H groups in total. The minimum Gasteiger partial charge on any atom is -0.493 e. The molecule has 0 amide bonds. The van der Waals surface area contributed by atoms with Gasteiger partial charge in [0.05, 0.1) is 42.7 Å². The molecule has 1 unspecified atom stereocenters. The van der Waals surface area contributed by atoms with E-state index in [1.807, 2.05) is 0 Å². The van der Waals surface area contributed by atoms with Crippen LogP contribution >= 0.6 is 0 Å². The second-order valence-corrected chi connectivity index (χ2v) is 8.94. The summed E-state index contributed by atoms with van der Waals surface area (Å²) in [6.45, 7) is 0. The zero-order valence-corrected chi connectivity index (χ0v) is 19.8. The van der Waals surface area contributed by atoms with Gasteiger partial charge in [-0.1, -0.05) is 6.42 Å². The first-order valence-electron chi connectivity index (χ1n) is 11.2. The van der Waals surface area contributed by atoms with Gasteiger partial charge in [-0.15, -0.1) is 0 Å². The van der Waals surface area contributed by atoms with Crippen LogP contribution in [0.2, 0.25) is 0 Å². The van der Waals surface area contributed by atoms with Gasteiger partial charge in [-0.05, 0) is 60.8 Å². The van der Waals surface area contributed by atoms with Gasteiger partial charge in [0, 0.05) is 16.5 Å². The van der Waals surface area contributed by atoms with E-state index in [0.717, 1.165) is 24.3 Å². The van der Waals surface area contributed by atoms with Gasteiger partial charge < -0.3 is 28.4 Å². The summed E-state index contributed by atoms with van der Waals surface area (Å²) >= 11 is 0. The van der Waals surface area contributed by atoms with E-state index in [2.05, 4.69) is 12.1 Å². The second kappa shape index (κ2) is 7.68. The summed E-state index contributed by atoms with van der Waals surface area (Å²) in [5, 5.41) is 0. The maximum Gasteiger partial charge on any atom is 0.203 e. The van der Waals surface area contributed by atoms with Crippen LogP contribution < -0.4 is 28.4 Å². The van der Waals surface area contributed by atoms with E-state index in [4.69, 9.17) is 28.4 Å². The molecule has 6 heteroatoms. The predicted molar refractivity (Wildman–Crippen MR) is 121 cm³/mol. The number of fused-ring (bicyclic) bond motifs is 2. The molecule has 32 heavy (non-hydrogen) atoms. The molecule has 1 saturated carbocycles. The Hall–Kier alpha value is -2.76. The summed E-state index contributed by atoms with van der Waals surface area (Å²) in [7, 11) is 10.1. The van der Waals surface area contributed by atoms with Crippen LogP contribution in [0.3, 0.4) is 0 Å². The summed E-state index contributed by atoms with van der Waals surface area (Å²) in [4.78, 5) is 0. The SMILES string of the molecule is COc1cc2c(c(OC)c1OC)CC1CCC[C@H]3Cc4c(cc(OC)c(OC)c4OC)[C@@]213. The van der Waals surface area contributed by atoms with Crippen molar-refractivity contribution in [3.63, 3.8) is 0 Å². The molecule has 6 nitrogen and oxygen atoms in total. The molecule has 0 aromatic heterocycles. The highest BCUT2D eigenvalue weighted by molar-refractivity contribution is 5.71. The largest absolute Gasteiger partial charge is 0.493 e. The predicted octanol–water partition coefficient (Wildman–Crippen LogP) is 4.55. The van der Waals surface area contributed by atoms with Crippen LogP contribution in [-0.4, -0.2) is 42.7 Å². The fourth-order valence-corrected chi connectivity index (χ4v) is 7.02. The monoisotopic (exact) mass is 440 g/mol. The van der Waals surface area contributed by atoms with Gasteiger partial charge in [0.15, 0.2) is 23.0 Å². The highest BCUT2D eigenvalue weighted by atomic mass is 16.5. The lowest BCUT2D eigenvalue weighted by Crippen LogP contribution is -2.41. The maximum absolute atomic E-state index is 5.91. The van der Waals surface area contributed by atoms with Gasteiger partial charge in [0.2, 0.25) is 11.5 Å². The Bertz CT molecular complexity index is 976. The molecule has 172 valence electrons. The van der Waals surface area contributed by atoms with Gasteiger partial charge in [-0.25, -0.2) is 0 Å². The van der Waals surface area contributed by atoms with Gasteiger partial charge in [0.25, 0.3) is 0 Å². The lowest BCUT2D eigenvalue weighted by atomic mass is 9.59. The van der Waals surface area contributed by atoms with Crippen LogP contribution in [-0.2, 0) is 18.3 Å². The number of ether oxygens (including phenoxy) is 6. The Morgan fingerprint density at radius 3 is 1.34 bits per heavy atom. The smallest absolute Gasteiger partial charge is 0.203 e. The molecule has 0 bridgehead atoms. The van der Waals surface area contributed by atoms with Gasteiger partial charge in [0.1, 0.15) is 0 Å². The van der Waals surface area contributed by atoms with Gasteiger partial charge in [-0.2, -0.15) is 0 Å². The molecular weight excluding hydrogens is 408 g/mol. The molecule has 3 atom stereocenters. The van der Waals surface area contributed by atoms with E-state index >= 15 is 0 Å². The molecule has 3 aliphatic carbocycles. The van der Waals surface area contributed by atoms with Crippen molar-refractivity contribution < 1.29 is 28.4 Å². The van der Waals surface area contributed by atoms with Crippen molar-refractivity contribution in [3.05, 3.63) is 34.4 Å². The van der Waals surface area contributed by atoms with Crippen LogP contribution in [0.5, 0.6) is 34.5 Å². The third kappa shape index (κ3) is 2.46. The van der Waals surface area contributed by atoms with Crippen LogP contribution in [0.1, 0.15) is 41.5 Å². The fraction of sp³-hybridized carbons (Fsp3) is 0.538. The topological polar surface area (TPSA) is 55.4 Å². The van der Waals surface area contributed by atoms with Crippen LogP contribution in [0.4, 0.5) is 0 Å². The number of benzene rings is 2. The van der Waals surface area contributed by atoms with Crippen LogP contribution in [0.25, 0.3) is 0 Å². The van der Waals surface area contributed by atoms with Gasteiger partial charge in [-0.3, -0.25) is 0 Å². The maximum atomic E-state index is 5.91. The summed E-state index contributed by atoms with van der Waals surface area (Å²) in [5.74, 6) is 5.31. The molecule has 2 aromatic carbocycles. The summed E-state index contributed by atoms with van der Waals surface area (Å²) in [6.07, 6.45) is 5.51. The second-order valence-electron chi connectivity index (χ2n) is 8.94. The Morgan fingerprint density at radius 1 is 0.594 bits per heavy atom. The first-order valence-corrected chi connectivity index (χ1v) is 11.2. The number of methoxy groups -OCH3 is 6. The number of hydrogen-bond acceptors (Lipinski definition) is 6. The zero-order chi connectivity index (χ0) is 22.6. The third-order valence-electron chi connectivity index (χ3n) is 8.05. The summed E-state index contributed by atoms with van der Waals surface area (Å²) in [5.41, 5.74) is 4.96. The van der Waals surface area contributed by atoms with E-state index in [1.54, 1.807) is 42.7 Å². The lowest BCUT2D eigenvalue weighted by Gasteiger charge is -2.43. The van der Waals surface area contributed by atoms with Crippen molar-refractivity contribution in [2.24, 2.45) is 11.8 Å². The molecule has 0 radical (unpaired) electrons. The molecule has 1 fully saturated rings. The van der Waals surface area contributed by atoms with E-state index in [1.165, 1.54) is 41.5 Å². The van der Waals surface area contributed by atoms with E-state index in [-0.39, 0.29) is 5.41 Å². The van der Waals surface area contributed by atoms with Crippen molar-refractivity contribution in [2.75, 3.05) is 42.7 Å². The summed E-state index contributed by atoms with van der Waals surface area (Å²) < 4.78 is 34.8. The molecule has 0 heterocycles. The molecule has 5 rings (SSSR count). The lowest BCUT2D eigenvalue weighted by molar-refractivity contribution is 0.176. The highest BCUT2D eigenvalue weighted by Gasteiger charge is 2.60. The Balaban J connectivity index is 1.85. The fourth-order valence-electron chi connectivity index (χ4n) is 7.02. The zero-order valence-electron chi connectivity index (χ0n) is 19.8. The molecular formula is C26H32O6. The third-order valence-corrected chi connectivity index (χ3v) is 8.05. The summed E-state index contributed by atoms with van der Waals surface area (Å²) in [6, 6.07) is 4.38. The Labute approximate surface area is 189 Å². The van der Waals surface area contributed by atoms with Crippen molar-refractivity contribution in [1.82, 2.24) is 0 Å². The van der Waals surface area contributed by atoms with Crippen molar-refractivity contribution in [1.29, 1.82) is 0 Å². The minimum absolute atomic E-state index is 0.122. The average Bonchev–Trinajstić information content (AvgIpc) is 3.35. The van der Waals surface area contributed by atoms with Crippen LogP contribution in [0.15, 0.2) is 12.1 Å². The first kappa shape index (κ1) is 21.1. The minimum atomic E-state index is -0.122. The number of rotatable bonds is 6. The van der Waals surface area contributed by atoms with E-state index < -0.39 is 0 Å². The van der Waals surface area contributed by atoms with E-state index in [0.29, 0.717) is 34.8 Å². The van der Waals surface area contributed by atoms with Crippen molar-refractivity contribution in [3.8, 4) is 34.5 Å². The molecule has 0 aliphatic heterocycles. The average molecular weight is 441 g/mol. The Morgan fingerprint density at radius 2 is 1.00 bits per heavy atom. The molecule has 1 spiro atoms. The molecule has 2 aromatic rings.